The van der Waals surface area contributed by atoms with Crippen molar-refractivity contribution in [3.05, 3.63) is 188 Å². The molecule has 0 atom stereocenters. The number of furan rings is 2. The van der Waals surface area contributed by atoms with E-state index in [4.69, 9.17) is 23.8 Å². The number of hydrogen-bond acceptors (Lipinski definition) is 5. The van der Waals surface area contributed by atoms with Gasteiger partial charge in [0.1, 0.15) is 22.3 Å². The lowest BCUT2D eigenvalue weighted by Crippen LogP contribution is -2.00. The first-order valence-electron chi connectivity index (χ1n) is 18.7. The van der Waals surface area contributed by atoms with Gasteiger partial charge in [-0.05, 0) is 52.1 Å². The second-order valence-corrected chi connectivity index (χ2v) is 14.0. The predicted octanol–water partition coefficient (Wildman–Crippen LogP) is 13.7. The molecule has 0 aliphatic carbocycles. The molecule has 5 heteroatoms. The summed E-state index contributed by atoms with van der Waals surface area (Å²) in [5.74, 6) is 1.67. The van der Waals surface area contributed by atoms with E-state index in [2.05, 4.69) is 115 Å². The average Bonchev–Trinajstić information content (AvgIpc) is 3.85. The minimum absolute atomic E-state index is 0.535. The summed E-state index contributed by atoms with van der Waals surface area (Å²) in [4.78, 5) is 15.1. The standard InChI is InChI=1S/C51H31N3O2/c1-3-11-32(12-4-1)33-21-23-34(24-22-33)35-25-27-36(28-26-35)39-16-9-17-42-43-18-10-19-44(48(43)56-47(39)42)51-53-49(37-13-5-2-6-14-37)52-50(54-51)38-29-30-41-40-15-7-8-20-45(40)55-46(41)31-38/h1-31H. The largest absolute Gasteiger partial charge is 0.456 e. The van der Waals surface area contributed by atoms with Gasteiger partial charge < -0.3 is 8.83 Å². The highest BCUT2D eigenvalue weighted by Gasteiger charge is 2.20. The molecule has 262 valence electrons. The number of nitrogens with zero attached hydrogens (tertiary/aromatic N) is 3. The monoisotopic (exact) mass is 717 g/mol. The van der Waals surface area contributed by atoms with E-state index in [1.807, 2.05) is 72.8 Å². The van der Waals surface area contributed by atoms with Gasteiger partial charge in [-0.15, -0.1) is 0 Å². The third-order valence-electron chi connectivity index (χ3n) is 10.6. The molecule has 11 aromatic rings. The fourth-order valence-corrected chi connectivity index (χ4v) is 7.76. The van der Waals surface area contributed by atoms with Crippen LogP contribution in [0.15, 0.2) is 197 Å². The van der Waals surface area contributed by atoms with E-state index >= 15 is 0 Å². The van der Waals surface area contributed by atoms with Gasteiger partial charge in [0.15, 0.2) is 17.5 Å². The molecule has 11 rings (SSSR count). The van der Waals surface area contributed by atoms with Crippen LogP contribution in [0.5, 0.6) is 0 Å². The Hall–Kier alpha value is -7.63. The van der Waals surface area contributed by atoms with Crippen molar-refractivity contribution in [1.82, 2.24) is 15.0 Å². The molecule has 0 radical (unpaired) electrons. The predicted molar refractivity (Wildman–Crippen MR) is 227 cm³/mol. The van der Waals surface area contributed by atoms with Crippen LogP contribution < -0.4 is 0 Å². The third kappa shape index (κ3) is 5.45. The van der Waals surface area contributed by atoms with Crippen LogP contribution in [0.4, 0.5) is 0 Å². The summed E-state index contributed by atoms with van der Waals surface area (Å²) in [6.07, 6.45) is 0. The molecule has 3 heterocycles. The SMILES string of the molecule is c1ccc(-c2ccc(-c3ccc(-c4cccc5c4oc4c(-c6nc(-c7ccccc7)nc(-c7ccc8c(c7)oc7ccccc78)n6)cccc45)cc3)cc2)cc1. The minimum Gasteiger partial charge on any atom is -0.456 e. The molecule has 0 N–H and O–H groups in total. The van der Waals surface area contributed by atoms with E-state index in [0.717, 1.165) is 77.3 Å². The van der Waals surface area contributed by atoms with Crippen LogP contribution in [0.25, 0.3) is 111 Å². The quantitative estimate of drug-likeness (QED) is 0.171. The van der Waals surface area contributed by atoms with Crippen molar-refractivity contribution in [2.45, 2.75) is 0 Å². The molecule has 0 aliphatic heterocycles. The van der Waals surface area contributed by atoms with Crippen molar-refractivity contribution in [2.75, 3.05) is 0 Å². The topological polar surface area (TPSA) is 65.0 Å². The molecule has 0 aliphatic rings. The second-order valence-electron chi connectivity index (χ2n) is 14.0. The highest BCUT2D eigenvalue weighted by molar-refractivity contribution is 6.13. The smallest absolute Gasteiger partial charge is 0.167 e. The molecule has 5 nitrogen and oxygen atoms in total. The molecule has 0 unspecified atom stereocenters. The normalized spacial score (nSPS) is 11.6. The zero-order valence-corrected chi connectivity index (χ0v) is 30.1. The third-order valence-corrected chi connectivity index (χ3v) is 10.6. The number of hydrogen-bond donors (Lipinski definition) is 0. The van der Waals surface area contributed by atoms with Crippen molar-refractivity contribution >= 4 is 43.9 Å². The summed E-state index contributed by atoms with van der Waals surface area (Å²) >= 11 is 0. The van der Waals surface area contributed by atoms with Crippen molar-refractivity contribution in [3.8, 4) is 67.5 Å². The number of aromatic nitrogens is 3. The molecular weight excluding hydrogens is 687 g/mol. The highest BCUT2D eigenvalue weighted by Crippen LogP contribution is 2.40. The van der Waals surface area contributed by atoms with Gasteiger partial charge in [-0.1, -0.05) is 164 Å². The van der Waals surface area contributed by atoms with E-state index in [9.17, 15) is 0 Å². The Labute approximate surface area is 322 Å². The number of para-hydroxylation sites is 3. The van der Waals surface area contributed by atoms with Crippen molar-refractivity contribution < 1.29 is 8.83 Å². The Balaban J connectivity index is 1.00. The van der Waals surface area contributed by atoms with Gasteiger partial charge in [-0.3, -0.25) is 0 Å². The van der Waals surface area contributed by atoms with Gasteiger partial charge in [0.05, 0.1) is 5.56 Å². The summed E-state index contributed by atoms with van der Waals surface area (Å²) in [7, 11) is 0. The molecule has 56 heavy (non-hydrogen) atoms. The van der Waals surface area contributed by atoms with Crippen LogP contribution in [0.3, 0.4) is 0 Å². The summed E-state index contributed by atoms with van der Waals surface area (Å²) in [5.41, 5.74) is 12.6. The van der Waals surface area contributed by atoms with Crippen molar-refractivity contribution in [3.63, 3.8) is 0 Å². The van der Waals surface area contributed by atoms with Gasteiger partial charge in [-0.2, -0.15) is 0 Å². The van der Waals surface area contributed by atoms with Crippen molar-refractivity contribution in [2.24, 2.45) is 0 Å². The van der Waals surface area contributed by atoms with Crippen LogP contribution in [0.2, 0.25) is 0 Å². The molecule has 0 amide bonds. The van der Waals surface area contributed by atoms with Gasteiger partial charge in [-0.25, -0.2) is 15.0 Å². The van der Waals surface area contributed by atoms with Gasteiger partial charge in [0.25, 0.3) is 0 Å². The first-order valence-corrected chi connectivity index (χ1v) is 18.7. The number of benzene rings is 8. The molecular formula is C51H31N3O2. The molecule has 0 saturated heterocycles. The Morgan fingerprint density at radius 1 is 0.268 bits per heavy atom. The number of rotatable bonds is 6. The molecule has 0 spiro atoms. The van der Waals surface area contributed by atoms with Gasteiger partial charge in [0, 0.05) is 38.2 Å². The maximum Gasteiger partial charge on any atom is 0.167 e. The first-order chi connectivity index (χ1) is 27.7. The summed E-state index contributed by atoms with van der Waals surface area (Å²) in [5, 5.41) is 4.17. The average molecular weight is 718 g/mol. The lowest BCUT2D eigenvalue weighted by Gasteiger charge is -2.09. The lowest BCUT2D eigenvalue weighted by atomic mass is 9.97. The molecule has 0 bridgehead atoms. The van der Waals surface area contributed by atoms with Gasteiger partial charge in [0.2, 0.25) is 0 Å². The minimum atomic E-state index is 0.535. The Bertz CT molecular complexity index is 3220. The summed E-state index contributed by atoms with van der Waals surface area (Å²) in [6.45, 7) is 0. The zero-order chi connectivity index (χ0) is 37.0. The van der Waals surface area contributed by atoms with E-state index < -0.39 is 0 Å². The molecule has 3 aromatic heterocycles. The van der Waals surface area contributed by atoms with Crippen molar-refractivity contribution in [1.29, 1.82) is 0 Å². The summed E-state index contributed by atoms with van der Waals surface area (Å²) in [6, 6.07) is 64.7. The van der Waals surface area contributed by atoms with Crippen LogP contribution in [-0.2, 0) is 0 Å². The highest BCUT2D eigenvalue weighted by atomic mass is 16.3. The van der Waals surface area contributed by atoms with E-state index in [1.165, 1.54) is 16.7 Å². The second kappa shape index (κ2) is 13.0. The first kappa shape index (κ1) is 31.9. The zero-order valence-electron chi connectivity index (χ0n) is 30.1. The summed E-state index contributed by atoms with van der Waals surface area (Å²) < 4.78 is 13.1. The van der Waals surface area contributed by atoms with Crippen LogP contribution in [-0.4, -0.2) is 15.0 Å². The number of fused-ring (bicyclic) bond motifs is 6. The maximum absolute atomic E-state index is 6.86. The van der Waals surface area contributed by atoms with Crippen LogP contribution in [0.1, 0.15) is 0 Å². The van der Waals surface area contributed by atoms with E-state index in [0.29, 0.717) is 17.5 Å². The Morgan fingerprint density at radius 3 is 1.41 bits per heavy atom. The van der Waals surface area contributed by atoms with E-state index in [-0.39, 0.29) is 0 Å². The fourth-order valence-electron chi connectivity index (χ4n) is 7.76. The van der Waals surface area contributed by atoms with E-state index in [1.54, 1.807) is 0 Å². The molecule has 0 saturated carbocycles. The Morgan fingerprint density at radius 2 is 0.732 bits per heavy atom. The molecule has 8 aromatic carbocycles. The lowest BCUT2D eigenvalue weighted by molar-refractivity contribution is 0.669. The van der Waals surface area contributed by atoms with Crippen LogP contribution in [0, 0.1) is 0 Å². The molecule has 0 fully saturated rings. The maximum atomic E-state index is 6.86. The van der Waals surface area contributed by atoms with Crippen LogP contribution >= 0.6 is 0 Å². The van der Waals surface area contributed by atoms with Gasteiger partial charge >= 0.3 is 0 Å². The fraction of sp³-hybridized carbons (Fsp3) is 0. The Kier molecular flexibility index (Phi) is 7.42.